The molecule has 0 bridgehead atoms. The largest absolute Gasteiger partial charge is 0.484 e. The molecule has 4 nitrogen and oxygen atoms in total. The van der Waals surface area contributed by atoms with Crippen molar-refractivity contribution in [1.82, 2.24) is 10.2 Å². The molecule has 4 heteroatoms. The molecule has 1 aromatic rings. The van der Waals surface area contributed by atoms with Crippen LogP contribution in [0.5, 0.6) is 5.75 Å². The van der Waals surface area contributed by atoms with Crippen molar-refractivity contribution in [3.8, 4) is 5.75 Å². The fourth-order valence-electron chi connectivity index (χ4n) is 3.15. The number of carbonyl (C=O) groups excluding carboxylic acids is 1. The molecule has 0 atom stereocenters. The van der Waals surface area contributed by atoms with Crippen LogP contribution in [0.3, 0.4) is 0 Å². The number of nitrogens with zero attached hydrogens (tertiary/aromatic N) is 1. The molecule has 1 fully saturated rings. The summed E-state index contributed by atoms with van der Waals surface area (Å²) in [6.07, 6.45) is 7.41. The third-order valence-corrected chi connectivity index (χ3v) is 4.71. The van der Waals surface area contributed by atoms with Gasteiger partial charge in [0.2, 0.25) is 0 Å². The number of ether oxygens (including phenoxy) is 1. The van der Waals surface area contributed by atoms with Gasteiger partial charge < -0.3 is 15.0 Å². The molecule has 0 unspecified atom stereocenters. The van der Waals surface area contributed by atoms with Crippen LogP contribution in [0.2, 0.25) is 0 Å². The Balaban J connectivity index is 1.82. The minimum Gasteiger partial charge on any atom is -0.484 e. The van der Waals surface area contributed by atoms with Crippen molar-refractivity contribution in [3.05, 3.63) is 30.3 Å². The molecular formula is C18H28N2O2. The topological polar surface area (TPSA) is 41.6 Å². The van der Waals surface area contributed by atoms with E-state index >= 15 is 0 Å². The highest BCUT2D eigenvalue weighted by atomic mass is 16.5. The van der Waals surface area contributed by atoms with Crippen molar-refractivity contribution in [2.75, 3.05) is 27.2 Å². The minimum absolute atomic E-state index is 0.0469. The van der Waals surface area contributed by atoms with Gasteiger partial charge in [0.15, 0.2) is 6.61 Å². The molecule has 22 heavy (non-hydrogen) atoms. The Bertz CT molecular complexity index is 451. The highest BCUT2D eigenvalue weighted by molar-refractivity contribution is 5.77. The average molecular weight is 304 g/mol. The molecule has 1 amide bonds. The smallest absolute Gasteiger partial charge is 0.258 e. The third kappa shape index (κ3) is 4.73. The lowest BCUT2D eigenvalue weighted by molar-refractivity contribution is -0.123. The predicted molar refractivity (Wildman–Crippen MR) is 89.1 cm³/mol. The molecule has 1 aromatic carbocycles. The molecule has 1 aliphatic carbocycles. The SMILES string of the molecule is CN(C)C1(CNC(=O)COc2ccccc2)CCCCCC1. The van der Waals surface area contributed by atoms with Crippen LogP contribution in [-0.4, -0.2) is 43.6 Å². The maximum atomic E-state index is 12.1. The summed E-state index contributed by atoms with van der Waals surface area (Å²) in [6.45, 7) is 0.782. The second-order valence-corrected chi connectivity index (χ2v) is 6.41. The number of amides is 1. The molecule has 0 spiro atoms. The molecule has 1 N–H and O–H groups in total. The number of para-hydroxylation sites is 1. The quantitative estimate of drug-likeness (QED) is 0.822. The standard InChI is InChI=1S/C18H28N2O2/c1-20(2)18(12-8-3-4-9-13-18)15-19-17(21)14-22-16-10-6-5-7-11-16/h5-7,10-11H,3-4,8-9,12-15H2,1-2H3,(H,19,21). The van der Waals surface area contributed by atoms with Crippen LogP contribution in [-0.2, 0) is 4.79 Å². The first kappa shape index (κ1) is 16.8. The van der Waals surface area contributed by atoms with Crippen molar-refractivity contribution >= 4 is 5.91 Å². The van der Waals surface area contributed by atoms with Gasteiger partial charge >= 0.3 is 0 Å². The average Bonchev–Trinajstić information content (AvgIpc) is 2.78. The highest BCUT2D eigenvalue weighted by Gasteiger charge is 2.33. The van der Waals surface area contributed by atoms with Crippen LogP contribution in [0.25, 0.3) is 0 Å². The number of carbonyl (C=O) groups is 1. The monoisotopic (exact) mass is 304 g/mol. The molecular weight excluding hydrogens is 276 g/mol. The fourth-order valence-corrected chi connectivity index (χ4v) is 3.15. The summed E-state index contributed by atoms with van der Waals surface area (Å²) in [5.74, 6) is 0.684. The van der Waals surface area contributed by atoms with Crippen molar-refractivity contribution in [2.45, 2.75) is 44.1 Å². The Morgan fingerprint density at radius 2 is 1.77 bits per heavy atom. The second-order valence-electron chi connectivity index (χ2n) is 6.41. The first-order valence-electron chi connectivity index (χ1n) is 8.24. The molecule has 0 aromatic heterocycles. The molecule has 2 rings (SSSR count). The molecule has 0 heterocycles. The number of benzene rings is 1. The zero-order valence-corrected chi connectivity index (χ0v) is 13.8. The van der Waals surface area contributed by atoms with Gasteiger partial charge in [0.25, 0.3) is 5.91 Å². The van der Waals surface area contributed by atoms with Crippen LogP contribution in [0.1, 0.15) is 38.5 Å². The fraction of sp³-hybridized carbons (Fsp3) is 0.611. The number of hydrogen-bond donors (Lipinski definition) is 1. The lowest BCUT2D eigenvalue weighted by atomic mass is 9.88. The first-order valence-corrected chi connectivity index (χ1v) is 8.24. The molecule has 1 aliphatic rings. The van der Waals surface area contributed by atoms with E-state index in [9.17, 15) is 4.79 Å². The Morgan fingerprint density at radius 1 is 1.14 bits per heavy atom. The van der Waals surface area contributed by atoms with Crippen LogP contribution in [0.4, 0.5) is 0 Å². The van der Waals surface area contributed by atoms with Crippen LogP contribution in [0.15, 0.2) is 30.3 Å². The van der Waals surface area contributed by atoms with Gasteiger partial charge in [0.1, 0.15) is 5.75 Å². The zero-order chi connectivity index (χ0) is 15.8. The lowest BCUT2D eigenvalue weighted by Gasteiger charge is -2.39. The van der Waals surface area contributed by atoms with E-state index in [2.05, 4.69) is 24.3 Å². The number of hydrogen-bond acceptors (Lipinski definition) is 3. The van der Waals surface area contributed by atoms with E-state index in [1.165, 1.54) is 25.7 Å². The Kier molecular flexibility index (Phi) is 6.25. The minimum atomic E-state index is -0.0469. The Labute approximate surface area is 133 Å². The van der Waals surface area contributed by atoms with Gasteiger partial charge in [-0.1, -0.05) is 43.9 Å². The first-order chi connectivity index (χ1) is 10.6. The Hall–Kier alpha value is -1.55. The van der Waals surface area contributed by atoms with Gasteiger partial charge in [0.05, 0.1) is 0 Å². The second kappa shape index (κ2) is 8.18. The summed E-state index contributed by atoms with van der Waals surface area (Å²) in [5, 5.41) is 3.07. The van der Waals surface area contributed by atoms with Crippen molar-refractivity contribution in [2.24, 2.45) is 0 Å². The van der Waals surface area contributed by atoms with E-state index in [1.54, 1.807) is 0 Å². The molecule has 1 saturated carbocycles. The lowest BCUT2D eigenvalue weighted by Crippen LogP contribution is -2.53. The maximum Gasteiger partial charge on any atom is 0.258 e. The third-order valence-electron chi connectivity index (χ3n) is 4.71. The summed E-state index contributed by atoms with van der Waals surface area (Å²) in [4.78, 5) is 14.3. The van der Waals surface area contributed by atoms with Crippen molar-refractivity contribution in [1.29, 1.82) is 0 Å². The molecule has 0 radical (unpaired) electrons. The summed E-state index contributed by atoms with van der Waals surface area (Å²) in [7, 11) is 4.25. The summed E-state index contributed by atoms with van der Waals surface area (Å²) in [6, 6.07) is 9.46. The van der Waals surface area contributed by atoms with E-state index in [0.717, 1.165) is 18.6 Å². The maximum absolute atomic E-state index is 12.1. The zero-order valence-electron chi connectivity index (χ0n) is 13.8. The van der Waals surface area contributed by atoms with E-state index in [1.807, 2.05) is 30.3 Å². The molecule has 0 saturated heterocycles. The predicted octanol–water partition coefficient (Wildman–Crippen LogP) is 2.84. The summed E-state index contributed by atoms with van der Waals surface area (Å²) < 4.78 is 5.50. The van der Waals surface area contributed by atoms with E-state index < -0.39 is 0 Å². The van der Waals surface area contributed by atoms with Crippen molar-refractivity contribution in [3.63, 3.8) is 0 Å². The number of nitrogens with one attached hydrogen (secondary N) is 1. The van der Waals surface area contributed by atoms with E-state index in [-0.39, 0.29) is 18.1 Å². The van der Waals surface area contributed by atoms with Gasteiger partial charge in [-0.15, -0.1) is 0 Å². The number of likely N-dealkylation sites (N-methyl/N-ethyl adjacent to an activating group) is 1. The van der Waals surface area contributed by atoms with Gasteiger partial charge in [-0.3, -0.25) is 4.79 Å². The van der Waals surface area contributed by atoms with E-state index in [4.69, 9.17) is 4.74 Å². The summed E-state index contributed by atoms with van der Waals surface area (Å²) in [5.41, 5.74) is 0.0961. The van der Waals surface area contributed by atoms with Gasteiger partial charge in [-0.2, -0.15) is 0 Å². The van der Waals surface area contributed by atoms with Gasteiger partial charge in [-0.25, -0.2) is 0 Å². The highest BCUT2D eigenvalue weighted by Crippen LogP contribution is 2.30. The van der Waals surface area contributed by atoms with Crippen LogP contribution < -0.4 is 10.1 Å². The normalized spacial score (nSPS) is 17.8. The van der Waals surface area contributed by atoms with Crippen LogP contribution >= 0.6 is 0 Å². The van der Waals surface area contributed by atoms with E-state index in [0.29, 0.717) is 6.54 Å². The van der Waals surface area contributed by atoms with Gasteiger partial charge in [-0.05, 0) is 39.1 Å². The van der Waals surface area contributed by atoms with Crippen molar-refractivity contribution < 1.29 is 9.53 Å². The van der Waals surface area contributed by atoms with Crippen LogP contribution in [0, 0.1) is 0 Å². The Morgan fingerprint density at radius 3 is 2.36 bits per heavy atom. The molecule has 122 valence electrons. The number of rotatable bonds is 6. The summed E-state index contributed by atoms with van der Waals surface area (Å²) >= 11 is 0. The molecule has 0 aliphatic heterocycles. The van der Waals surface area contributed by atoms with Gasteiger partial charge in [0, 0.05) is 12.1 Å².